The third-order valence-corrected chi connectivity index (χ3v) is 3.52. The first-order valence-corrected chi connectivity index (χ1v) is 6.97. The Morgan fingerprint density at radius 2 is 2.19 bits per heavy atom. The summed E-state index contributed by atoms with van der Waals surface area (Å²) in [7, 11) is 1.59. The van der Waals surface area contributed by atoms with Gasteiger partial charge in [0.15, 0.2) is 5.82 Å². The number of hydrogen-bond donors (Lipinski definition) is 1. The van der Waals surface area contributed by atoms with Crippen LogP contribution in [-0.4, -0.2) is 46.5 Å². The Kier molecular flexibility index (Phi) is 4.12. The van der Waals surface area contributed by atoms with Gasteiger partial charge in [-0.1, -0.05) is 5.16 Å². The van der Waals surface area contributed by atoms with Crippen molar-refractivity contribution in [1.82, 2.24) is 15.1 Å². The second kappa shape index (κ2) is 6.19. The first-order valence-electron chi connectivity index (χ1n) is 6.97. The van der Waals surface area contributed by atoms with Crippen LogP contribution >= 0.6 is 0 Å². The van der Waals surface area contributed by atoms with Crippen molar-refractivity contribution in [3.8, 4) is 11.5 Å². The number of anilines is 1. The van der Waals surface area contributed by atoms with Gasteiger partial charge in [0.2, 0.25) is 0 Å². The molecule has 0 amide bonds. The van der Waals surface area contributed by atoms with Crippen LogP contribution < -0.4 is 4.90 Å². The van der Waals surface area contributed by atoms with Crippen molar-refractivity contribution in [2.75, 3.05) is 25.1 Å². The van der Waals surface area contributed by atoms with E-state index in [9.17, 15) is 5.11 Å². The van der Waals surface area contributed by atoms with E-state index in [0.717, 1.165) is 37.3 Å². The minimum Gasteiger partial charge on any atom is -0.393 e. The summed E-state index contributed by atoms with van der Waals surface area (Å²) in [4.78, 5) is 10.8. The lowest BCUT2D eigenvalue weighted by molar-refractivity contribution is 0.145. The summed E-state index contributed by atoms with van der Waals surface area (Å²) in [6.45, 7) is 1.98. The number of aliphatic hydroxyl groups excluding tert-OH is 1. The van der Waals surface area contributed by atoms with Gasteiger partial charge in [-0.3, -0.25) is 0 Å². The molecule has 1 N–H and O–H groups in total. The third-order valence-electron chi connectivity index (χ3n) is 3.52. The molecule has 112 valence electrons. The molecule has 3 rings (SSSR count). The van der Waals surface area contributed by atoms with E-state index in [0.29, 0.717) is 18.3 Å². The highest BCUT2D eigenvalue weighted by Gasteiger charge is 2.18. The molecule has 3 heterocycles. The van der Waals surface area contributed by atoms with Crippen molar-refractivity contribution < 1.29 is 14.4 Å². The van der Waals surface area contributed by atoms with Crippen molar-refractivity contribution in [2.24, 2.45) is 0 Å². The summed E-state index contributed by atoms with van der Waals surface area (Å²) in [6, 6.07) is 3.85. The highest BCUT2D eigenvalue weighted by atomic mass is 16.5. The Hall–Kier alpha value is -1.99. The average Bonchev–Trinajstić information content (AvgIpc) is 2.97. The number of methoxy groups -OCH3 is 1. The molecule has 2 aromatic heterocycles. The Morgan fingerprint density at radius 1 is 1.38 bits per heavy atom. The highest BCUT2D eigenvalue weighted by Crippen LogP contribution is 2.22. The molecule has 0 aromatic carbocycles. The summed E-state index contributed by atoms with van der Waals surface area (Å²) in [6.07, 6.45) is 3.11. The smallest absolute Gasteiger partial charge is 0.259 e. The lowest BCUT2D eigenvalue weighted by Gasteiger charge is -2.30. The Balaban J connectivity index is 1.71. The summed E-state index contributed by atoms with van der Waals surface area (Å²) >= 11 is 0. The Labute approximate surface area is 122 Å². The number of aromatic nitrogens is 3. The predicted molar refractivity (Wildman–Crippen MR) is 75.7 cm³/mol. The van der Waals surface area contributed by atoms with Crippen LogP contribution in [0.2, 0.25) is 0 Å². The second-order valence-corrected chi connectivity index (χ2v) is 5.07. The van der Waals surface area contributed by atoms with Gasteiger partial charge in [-0.15, -0.1) is 0 Å². The SMILES string of the molecule is COCc1noc(-c2ccc(N3CCC(O)CC3)nc2)n1. The largest absolute Gasteiger partial charge is 0.393 e. The summed E-state index contributed by atoms with van der Waals surface area (Å²) in [5, 5.41) is 13.4. The van der Waals surface area contributed by atoms with Crippen LogP contribution in [-0.2, 0) is 11.3 Å². The van der Waals surface area contributed by atoms with Gasteiger partial charge < -0.3 is 19.3 Å². The van der Waals surface area contributed by atoms with Gasteiger partial charge in [0.05, 0.1) is 11.7 Å². The van der Waals surface area contributed by atoms with Gasteiger partial charge in [0.1, 0.15) is 12.4 Å². The van der Waals surface area contributed by atoms with Crippen molar-refractivity contribution >= 4 is 5.82 Å². The molecular weight excluding hydrogens is 272 g/mol. The molecule has 7 nitrogen and oxygen atoms in total. The lowest BCUT2D eigenvalue weighted by atomic mass is 10.1. The number of nitrogens with zero attached hydrogens (tertiary/aromatic N) is 4. The number of ether oxygens (including phenoxy) is 1. The molecule has 7 heteroatoms. The molecule has 2 aromatic rings. The zero-order chi connectivity index (χ0) is 14.7. The monoisotopic (exact) mass is 290 g/mol. The normalized spacial score (nSPS) is 16.4. The molecule has 0 spiro atoms. The molecule has 0 bridgehead atoms. The van der Waals surface area contributed by atoms with Gasteiger partial charge in [0.25, 0.3) is 5.89 Å². The van der Waals surface area contributed by atoms with Crippen LogP contribution in [0.25, 0.3) is 11.5 Å². The molecule has 0 aliphatic carbocycles. The van der Waals surface area contributed by atoms with E-state index < -0.39 is 0 Å². The summed E-state index contributed by atoms with van der Waals surface area (Å²) in [5.41, 5.74) is 0.783. The maximum atomic E-state index is 9.53. The van der Waals surface area contributed by atoms with Crippen molar-refractivity contribution in [3.63, 3.8) is 0 Å². The van der Waals surface area contributed by atoms with Crippen LogP contribution in [0.15, 0.2) is 22.9 Å². The summed E-state index contributed by atoms with van der Waals surface area (Å²) < 4.78 is 10.1. The Morgan fingerprint density at radius 3 is 2.86 bits per heavy atom. The standard InChI is InChI=1S/C14H18N4O3/c1-20-9-12-16-14(21-17-12)10-2-3-13(15-8-10)18-6-4-11(19)5-7-18/h2-3,8,11,19H,4-7,9H2,1H3. The third kappa shape index (κ3) is 3.20. The minimum absolute atomic E-state index is 0.182. The molecular formula is C14H18N4O3. The van der Waals surface area contributed by atoms with E-state index in [1.54, 1.807) is 13.3 Å². The van der Waals surface area contributed by atoms with Gasteiger partial charge >= 0.3 is 0 Å². The molecule has 21 heavy (non-hydrogen) atoms. The molecule has 1 saturated heterocycles. The first kappa shape index (κ1) is 14.0. The fourth-order valence-electron chi connectivity index (χ4n) is 2.35. The maximum Gasteiger partial charge on any atom is 0.259 e. The van der Waals surface area contributed by atoms with E-state index in [1.165, 1.54) is 0 Å². The lowest BCUT2D eigenvalue weighted by Crippen LogP contribution is -2.36. The van der Waals surface area contributed by atoms with Crippen molar-refractivity contribution in [1.29, 1.82) is 0 Å². The van der Waals surface area contributed by atoms with Crippen molar-refractivity contribution in [2.45, 2.75) is 25.6 Å². The number of aliphatic hydroxyl groups is 1. The van der Waals surface area contributed by atoms with E-state index in [-0.39, 0.29) is 6.10 Å². The molecule has 1 aliphatic heterocycles. The quantitative estimate of drug-likeness (QED) is 0.906. The zero-order valence-corrected chi connectivity index (χ0v) is 11.9. The van der Waals surface area contributed by atoms with Gasteiger partial charge in [-0.25, -0.2) is 4.98 Å². The molecule has 0 saturated carbocycles. The van der Waals surface area contributed by atoms with Gasteiger partial charge in [-0.05, 0) is 25.0 Å². The molecule has 0 unspecified atom stereocenters. The van der Waals surface area contributed by atoms with E-state index in [1.807, 2.05) is 12.1 Å². The van der Waals surface area contributed by atoms with Crippen LogP contribution in [0.5, 0.6) is 0 Å². The van der Waals surface area contributed by atoms with E-state index in [4.69, 9.17) is 9.26 Å². The van der Waals surface area contributed by atoms with Crippen LogP contribution in [0.4, 0.5) is 5.82 Å². The van der Waals surface area contributed by atoms with Crippen LogP contribution in [0.1, 0.15) is 18.7 Å². The molecule has 1 fully saturated rings. The first-order chi connectivity index (χ1) is 10.3. The Bertz CT molecular complexity index is 576. The van der Waals surface area contributed by atoms with Crippen LogP contribution in [0, 0.1) is 0 Å². The van der Waals surface area contributed by atoms with E-state index >= 15 is 0 Å². The average molecular weight is 290 g/mol. The van der Waals surface area contributed by atoms with Crippen molar-refractivity contribution in [3.05, 3.63) is 24.2 Å². The maximum absolute atomic E-state index is 9.53. The number of hydrogen-bond acceptors (Lipinski definition) is 7. The van der Waals surface area contributed by atoms with Gasteiger partial charge in [0, 0.05) is 26.4 Å². The topological polar surface area (TPSA) is 84.5 Å². The molecule has 0 radical (unpaired) electrons. The van der Waals surface area contributed by atoms with Crippen LogP contribution in [0.3, 0.4) is 0 Å². The second-order valence-electron chi connectivity index (χ2n) is 5.07. The number of piperidine rings is 1. The minimum atomic E-state index is -0.182. The molecule has 0 atom stereocenters. The highest BCUT2D eigenvalue weighted by molar-refractivity contribution is 5.54. The predicted octanol–water partition coefficient (Wildman–Crippen LogP) is 1.24. The number of pyridine rings is 1. The van der Waals surface area contributed by atoms with E-state index in [2.05, 4.69) is 20.0 Å². The summed E-state index contributed by atoms with van der Waals surface area (Å²) in [5.74, 6) is 1.86. The fourth-order valence-corrected chi connectivity index (χ4v) is 2.35. The fraction of sp³-hybridized carbons (Fsp3) is 0.500. The zero-order valence-electron chi connectivity index (χ0n) is 11.9. The van der Waals surface area contributed by atoms with Gasteiger partial charge in [-0.2, -0.15) is 4.98 Å². The molecule has 1 aliphatic rings. The number of rotatable bonds is 4.